The molecule has 3 aromatic heterocycles. The van der Waals surface area contributed by atoms with Gasteiger partial charge in [-0.2, -0.15) is 13.2 Å². The number of aromatic nitrogens is 2. The van der Waals surface area contributed by atoms with Crippen LogP contribution in [-0.4, -0.2) is 18.4 Å². The Morgan fingerprint density at radius 3 is 2.28 bits per heavy atom. The van der Waals surface area contributed by atoms with Gasteiger partial charge in [0.15, 0.2) is 0 Å². The Hall–Kier alpha value is -3.08. The highest BCUT2D eigenvalue weighted by Crippen LogP contribution is 2.34. The van der Waals surface area contributed by atoms with E-state index in [-0.39, 0.29) is 4.21 Å². The number of rotatable bonds is 4. The van der Waals surface area contributed by atoms with E-state index in [0.29, 0.717) is 22.5 Å². The average molecular weight is 476 g/mol. The quantitative estimate of drug-likeness (QED) is 0.422. The van der Waals surface area contributed by atoms with Crippen LogP contribution in [0, 0.1) is 6.92 Å². The molecule has 0 bridgehead atoms. The maximum absolute atomic E-state index is 12.8. The zero-order valence-electron chi connectivity index (χ0n) is 16.6. The lowest BCUT2D eigenvalue weighted by molar-refractivity contribution is -0.141. The minimum Gasteiger partial charge on any atom is -0.253 e. The third-order valence-electron chi connectivity index (χ3n) is 4.65. The first-order chi connectivity index (χ1) is 15.0. The number of pyridine rings is 2. The van der Waals surface area contributed by atoms with Crippen molar-refractivity contribution in [2.75, 3.05) is 0 Å². The summed E-state index contributed by atoms with van der Waals surface area (Å²) in [5, 5.41) is 5.20. The number of sulfonamides is 1. The molecule has 0 saturated carbocycles. The van der Waals surface area contributed by atoms with Crippen LogP contribution < -0.4 is 5.14 Å². The summed E-state index contributed by atoms with van der Waals surface area (Å²) in [6.45, 7) is 1.80. The van der Waals surface area contributed by atoms with Gasteiger partial charge in [-0.05, 0) is 54.4 Å². The van der Waals surface area contributed by atoms with Gasteiger partial charge in [-0.15, -0.1) is 11.3 Å². The van der Waals surface area contributed by atoms with Crippen LogP contribution in [0.25, 0.3) is 32.8 Å². The second-order valence-corrected chi connectivity index (χ2v) is 9.93. The molecule has 0 aliphatic rings. The molecule has 0 radical (unpaired) electrons. The summed E-state index contributed by atoms with van der Waals surface area (Å²) in [7, 11) is -3.78. The molecule has 4 rings (SSSR count). The van der Waals surface area contributed by atoms with E-state index in [9.17, 15) is 21.6 Å². The number of benzene rings is 1. The van der Waals surface area contributed by atoms with Crippen molar-refractivity contribution in [3.8, 4) is 32.8 Å². The van der Waals surface area contributed by atoms with Gasteiger partial charge in [-0.1, -0.05) is 24.3 Å². The van der Waals surface area contributed by atoms with Gasteiger partial charge in [0.2, 0.25) is 10.0 Å². The highest BCUT2D eigenvalue weighted by molar-refractivity contribution is 7.91. The molecule has 0 aliphatic heterocycles. The highest BCUT2D eigenvalue weighted by Gasteiger charge is 2.32. The number of nitrogens with two attached hydrogens (primary N) is 1. The van der Waals surface area contributed by atoms with E-state index in [4.69, 9.17) is 5.14 Å². The first kappa shape index (κ1) is 22.1. The van der Waals surface area contributed by atoms with Crippen molar-refractivity contribution in [1.29, 1.82) is 0 Å². The van der Waals surface area contributed by atoms with Crippen LogP contribution in [0.1, 0.15) is 11.4 Å². The monoisotopic (exact) mass is 475 g/mol. The maximum atomic E-state index is 12.8. The molecule has 3 heterocycles. The van der Waals surface area contributed by atoms with Gasteiger partial charge in [0, 0.05) is 27.9 Å². The largest absolute Gasteiger partial charge is 0.433 e. The van der Waals surface area contributed by atoms with Crippen molar-refractivity contribution in [2.24, 2.45) is 5.14 Å². The molecule has 10 heteroatoms. The predicted octanol–water partition coefficient (Wildman–Crippen LogP) is 5.51. The van der Waals surface area contributed by atoms with Crippen molar-refractivity contribution in [2.45, 2.75) is 17.3 Å². The Morgan fingerprint density at radius 1 is 0.906 bits per heavy atom. The molecule has 32 heavy (non-hydrogen) atoms. The fraction of sp³-hybridized carbons (Fsp3) is 0.0909. The van der Waals surface area contributed by atoms with E-state index in [1.165, 1.54) is 18.3 Å². The van der Waals surface area contributed by atoms with Crippen molar-refractivity contribution in [3.63, 3.8) is 0 Å². The molecular weight excluding hydrogens is 459 g/mol. The lowest BCUT2D eigenvalue weighted by Crippen LogP contribution is -2.09. The summed E-state index contributed by atoms with van der Waals surface area (Å²) in [4.78, 5) is 8.82. The lowest BCUT2D eigenvalue weighted by Gasteiger charge is -2.10. The smallest absolute Gasteiger partial charge is 0.253 e. The van der Waals surface area contributed by atoms with Gasteiger partial charge in [0.1, 0.15) is 9.90 Å². The Morgan fingerprint density at radius 2 is 1.66 bits per heavy atom. The summed E-state index contributed by atoms with van der Waals surface area (Å²) in [5.74, 6) is 0. The summed E-state index contributed by atoms with van der Waals surface area (Å²) in [6, 6.07) is 16.4. The Labute approximate surface area is 186 Å². The Balaban J connectivity index is 1.71. The van der Waals surface area contributed by atoms with E-state index in [1.807, 2.05) is 24.3 Å². The van der Waals surface area contributed by atoms with Crippen molar-refractivity contribution >= 4 is 21.4 Å². The summed E-state index contributed by atoms with van der Waals surface area (Å²) >= 11 is 1.07. The average Bonchev–Trinajstić information content (AvgIpc) is 3.24. The SMILES string of the molecule is Cc1cc(-c2ccc(C(F)(F)F)nc2)cc(-c2cccc(-c3ccc(S(N)(=O)=O)s3)c2)n1. The van der Waals surface area contributed by atoms with Gasteiger partial charge in [-0.3, -0.25) is 9.97 Å². The number of halogens is 3. The molecule has 5 nitrogen and oxygen atoms in total. The topological polar surface area (TPSA) is 85.9 Å². The first-order valence-electron chi connectivity index (χ1n) is 9.26. The van der Waals surface area contributed by atoms with E-state index in [0.717, 1.165) is 33.4 Å². The van der Waals surface area contributed by atoms with Crippen LogP contribution >= 0.6 is 11.3 Å². The number of primary sulfonamides is 1. The molecular formula is C22H16F3N3O2S2. The van der Waals surface area contributed by atoms with Crippen LogP contribution in [0.2, 0.25) is 0 Å². The van der Waals surface area contributed by atoms with Gasteiger partial charge in [-0.25, -0.2) is 13.6 Å². The van der Waals surface area contributed by atoms with Gasteiger partial charge < -0.3 is 0 Å². The van der Waals surface area contributed by atoms with Crippen LogP contribution in [0.5, 0.6) is 0 Å². The first-order valence-corrected chi connectivity index (χ1v) is 11.6. The zero-order chi connectivity index (χ0) is 23.1. The third-order valence-corrected chi connectivity index (χ3v) is 7.22. The van der Waals surface area contributed by atoms with Crippen LogP contribution in [0.3, 0.4) is 0 Å². The third kappa shape index (κ3) is 4.72. The summed E-state index contributed by atoms with van der Waals surface area (Å²) in [5.41, 5.74) is 3.17. The Kier molecular flexibility index (Phi) is 5.61. The fourth-order valence-electron chi connectivity index (χ4n) is 3.18. The molecule has 2 N–H and O–H groups in total. The maximum Gasteiger partial charge on any atom is 0.433 e. The molecule has 0 saturated heterocycles. The number of hydrogen-bond donors (Lipinski definition) is 1. The number of hydrogen-bond acceptors (Lipinski definition) is 5. The van der Waals surface area contributed by atoms with Crippen molar-refractivity contribution in [3.05, 3.63) is 78.2 Å². The van der Waals surface area contributed by atoms with E-state index < -0.39 is 21.9 Å². The fourth-order valence-corrected chi connectivity index (χ4v) is 4.90. The lowest BCUT2D eigenvalue weighted by atomic mass is 10.0. The predicted molar refractivity (Wildman–Crippen MR) is 117 cm³/mol. The second kappa shape index (κ2) is 8.12. The molecule has 164 valence electrons. The van der Waals surface area contributed by atoms with Crippen LogP contribution in [0.15, 0.2) is 71.1 Å². The standard InChI is InChI=1S/C22H16F3N3O2S2/c1-13-9-17(16-5-7-20(27-12-16)22(23,24)25)11-18(28-13)14-3-2-4-15(10-14)19-6-8-21(31-19)32(26,29)30/h2-12H,1H3,(H2,26,29,30). The number of thiophene rings is 1. The second-order valence-electron chi connectivity index (χ2n) is 7.06. The van der Waals surface area contributed by atoms with E-state index in [1.54, 1.807) is 25.1 Å². The van der Waals surface area contributed by atoms with Crippen LogP contribution in [-0.2, 0) is 16.2 Å². The minimum atomic E-state index is -4.50. The molecule has 0 spiro atoms. The molecule has 4 aromatic rings. The van der Waals surface area contributed by atoms with Crippen LogP contribution in [0.4, 0.5) is 13.2 Å². The summed E-state index contributed by atoms with van der Waals surface area (Å²) < 4.78 is 61.6. The number of alkyl halides is 3. The van der Waals surface area contributed by atoms with Gasteiger partial charge in [0.25, 0.3) is 0 Å². The molecule has 0 aliphatic carbocycles. The number of nitrogens with zero attached hydrogens (tertiary/aromatic N) is 2. The van der Waals surface area contributed by atoms with Gasteiger partial charge in [0.05, 0.1) is 5.69 Å². The minimum absolute atomic E-state index is 0.0728. The molecule has 0 amide bonds. The Bertz CT molecular complexity index is 1400. The molecule has 0 unspecified atom stereocenters. The summed E-state index contributed by atoms with van der Waals surface area (Å²) in [6.07, 6.45) is -3.30. The molecule has 0 atom stereocenters. The zero-order valence-corrected chi connectivity index (χ0v) is 18.2. The van der Waals surface area contributed by atoms with Crippen molar-refractivity contribution in [1.82, 2.24) is 9.97 Å². The number of aryl methyl sites for hydroxylation is 1. The van der Waals surface area contributed by atoms with Gasteiger partial charge >= 0.3 is 6.18 Å². The highest BCUT2D eigenvalue weighted by atomic mass is 32.2. The normalized spacial score (nSPS) is 12.2. The van der Waals surface area contributed by atoms with E-state index >= 15 is 0 Å². The van der Waals surface area contributed by atoms with Crippen molar-refractivity contribution < 1.29 is 21.6 Å². The van der Waals surface area contributed by atoms with E-state index in [2.05, 4.69) is 9.97 Å². The molecule has 1 aromatic carbocycles. The molecule has 0 fully saturated rings.